The zero-order valence-corrected chi connectivity index (χ0v) is 11.6. The standard InChI is InChI=1S/C15H23N3O/c1-18(12-6-4-2-3-5-7-12)14-9-8-11(16)10-13(14)15(17)19/h8-10,12H,2-7,16H2,1H3,(H2,17,19). The van der Waals surface area contributed by atoms with Crippen molar-refractivity contribution >= 4 is 17.3 Å². The number of anilines is 2. The summed E-state index contributed by atoms with van der Waals surface area (Å²) in [6.45, 7) is 0. The van der Waals surface area contributed by atoms with Crippen molar-refractivity contribution in [3.05, 3.63) is 23.8 Å². The molecule has 0 atom stereocenters. The van der Waals surface area contributed by atoms with Gasteiger partial charge in [0.1, 0.15) is 0 Å². The summed E-state index contributed by atoms with van der Waals surface area (Å²) in [7, 11) is 2.05. The first-order valence-corrected chi connectivity index (χ1v) is 7.02. The van der Waals surface area contributed by atoms with Gasteiger partial charge in [-0.25, -0.2) is 0 Å². The molecule has 19 heavy (non-hydrogen) atoms. The molecule has 0 spiro atoms. The van der Waals surface area contributed by atoms with E-state index in [4.69, 9.17) is 11.5 Å². The van der Waals surface area contributed by atoms with Gasteiger partial charge in [0.05, 0.1) is 5.56 Å². The fraction of sp³-hybridized carbons (Fsp3) is 0.533. The Balaban J connectivity index is 2.26. The third-order valence-electron chi connectivity index (χ3n) is 4.04. The normalized spacial score (nSPS) is 16.9. The van der Waals surface area contributed by atoms with Crippen molar-refractivity contribution in [2.24, 2.45) is 5.73 Å². The maximum absolute atomic E-state index is 11.6. The molecule has 0 bridgehead atoms. The van der Waals surface area contributed by atoms with E-state index in [9.17, 15) is 4.79 Å². The van der Waals surface area contributed by atoms with Crippen LogP contribution >= 0.6 is 0 Å². The molecule has 4 N–H and O–H groups in total. The maximum atomic E-state index is 11.6. The molecule has 2 rings (SSSR count). The number of rotatable bonds is 3. The van der Waals surface area contributed by atoms with Gasteiger partial charge in [-0.1, -0.05) is 25.7 Å². The van der Waals surface area contributed by atoms with Crippen LogP contribution in [0.1, 0.15) is 48.9 Å². The molecular weight excluding hydrogens is 238 g/mol. The molecule has 1 aliphatic carbocycles. The Morgan fingerprint density at radius 1 is 1.21 bits per heavy atom. The van der Waals surface area contributed by atoms with E-state index in [2.05, 4.69) is 4.90 Å². The van der Waals surface area contributed by atoms with E-state index in [1.54, 1.807) is 6.07 Å². The zero-order chi connectivity index (χ0) is 13.8. The third kappa shape index (κ3) is 3.19. The first kappa shape index (κ1) is 13.7. The van der Waals surface area contributed by atoms with Crippen LogP contribution in [0.5, 0.6) is 0 Å². The smallest absolute Gasteiger partial charge is 0.250 e. The summed E-state index contributed by atoms with van der Waals surface area (Å²) in [5.41, 5.74) is 13.2. The van der Waals surface area contributed by atoms with Crippen molar-refractivity contribution in [3.8, 4) is 0 Å². The molecule has 1 fully saturated rings. The highest BCUT2D eigenvalue weighted by atomic mass is 16.1. The Bertz CT molecular complexity index is 451. The van der Waals surface area contributed by atoms with E-state index in [-0.39, 0.29) is 0 Å². The van der Waals surface area contributed by atoms with Gasteiger partial charge in [-0.05, 0) is 31.0 Å². The Morgan fingerprint density at radius 3 is 2.42 bits per heavy atom. The summed E-state index contributed by atoms with van der Waals surface area (Å²) in [6, 6.07) is 5.89. The number of carbonyl (C=O) groups excluding carboxylic acids is 1. The van der Waals surface area contributed by atoms with Crippen LogP contribution < -0.4 is 16.4 Å². The molecule has 1 amide bonds. The predicted molar refractivity (Wildman–Crippen MR) is 79.3 cm³/mol. The average molecular weight is 261 g/mol. The van der Waals surface area contributed by atoms with Crippen LogP contribution in [0.4, 0.5) is 11.4 Å². The predicted octanol–water partition coefficient (Wildman–Crippen LogP) is 2.53. The Labute approximate surface area is 114 Å². The van der Waals surface area contributed by atoms with Gasteiger partial charge in [-0.3, -0.25) is 4.79 Å². The van der Waals surface area contributed by atoms with E-state index in [0.717, 1.165) is 5.69 Å². The Kier molecular flexibility index (Phi) is 4.30. The highest BCUT2D eigenvalue weighted by Crippen LogP contribution is 2.28. The van der Waals surface area contributed by atoms with Crippen molar-refractivity contribution in [2.45, 2.75) is 44.6 Å². The van der Waals surface area contributed by atoms with Gasteiger partial charge < -0.3 is 16.4 Å². The number of benzene rings is 1. The molecule has 1 aromatic carbocycles. The van der Waals surface area contributed by atoms with Crippen molar-refractivity contribution in [2.75, 3.05) is 17.7 Å². The molecule has 1 aliphatic rings. The number of nitrogen functional groups attached to an aromatic ring is 1. The minimum absolute atomic E-state index is 0.414. The summed E-state index contributed by atoms with van der Waals surface area (Å²) in [5, 5.41) is 0. The highest BCUT2D eigenvalue weighted by molar-refractivity contribution is 5.99. The van der Waals surface area contributed by atoms with Crippen LogP contribution in [-0.2, 0) is 0 Å². The molecule has 4 nitrogen and oxygen atoms in total. The monoisotopic (exact) mass is 261 g/mol. The molecule has 1 aromatic rings. The lowest BCUT2D eigenvalue weighted by molar-refractivity contribution is 0.100. The van der Waals surface area contributed by atoms with Gasteiger partial charge in [-0.15, -0.1) is 0 Å². The largest absolute Gasteiger partial charge is 0.399 e. The first-order valence-electron chi connectivity index (χ1n) is 7.02. The van der Waals surface area contributed by atoms with Crippen LogP contribution in [0.2, 0.25) is 0 Å². The van der Waals surface area contributed by atoms with Gasteiger partial charge >= 0.3 is 0 Å². The first-order chi connectivity index (χ1) is 9.09. The second-order valence-corrected chi connectivity index (χ2v) is 5.40. The second kappa shape index (κ2) is 5.95. The van der Waals surface area contributed by atoms with E-state index < -0.39 is 5.91 Å². The van der Waals surface area contributed by atoms with E-state index in [0.29, 0.717) is 17.3 Å². The van der Waals surface area contributed by atoms with Crippen molar-refractivity contribution < 1.29 is 4.79 Å². The van der Waals surface area contributed by atoms with E-state index in [1.807, 2.05) is 19.2 Å². The number of primary amides is 1. The Morgan fingerprint density at radius 2 is 1.84 bits per heavy atom. The van der Waals surface area contributed by atoms with Crippen LogP contribution in [0.3, 0.4) is 0 Å². The minimum Gasteiger partial charge on any atom is -0.399 e. The number of nitrogens with zero attached hydrogens (tertiary/aromatic N) is 1. The maximum Gasteiger partial charge on any atom is 0.250 e. The van der Waals surface area contributed by atoms with Crippen LogP contribution in [0.25, 0.3) is 0 Å². The van der Waals surface area contributed by atoms with Crippen molar-refractivity contribution in [1.29, 1.82) is 0 Å². The molecule has 0 aliphatic heterocycles. The van der Waals surface area contributed by atoms with Gasteiger partial charge in [0.15, 0.2) is 0 Å². The summed E-state index contributed by atoms with van der Waals surface area (Å²) >= 11 is 0. The second-order valence-electron chi connectivity index (χ2n) is 5.40. The molecule has 1 saturated carbocycles. The Hall–Kier alpha value is -1.71. The van der Waals surface area contributed by atoms with Crippen LogP contribution in [-0.4, -0.2) is 19.0 Å². The lowest BCUT2D eigenvalue weighted by Gasteiger charge is -2.30. The topological polar surface area (TPSA) is 72.3 Å². The molecule has 0 unspecified atom stereocenters. The summed E-state index contributed by atoms with van der Waals surface area (Å²) < 4.78 is 0. The molecule has 0 saturated heterocycles. The number of amides is 1. The van der Waals surface area contributed by atoms with Crippen molar-refractivity contribution in [1.82, 2.24) is 0 Å². The number of hydrogen-bond donors (Lipinski definition) is 2. The minimum atomic E-state index is -0.414. The number of hydrogen-bond acceptors (Lipinski definition) is 3. The van der Waals surface area contributed by atoms with E-state index >= 15 is 0 Å². The van der Waals surface area contributed by atoms with Crippen molar-refractivity contribution in [3.63, 3.8) is 0 Å². The fourth-order valence-corrected chi connectivity index (χ4v) is 2.90. The molecule has 0 radical (unpaired) electrons. The van der Waals surface area contributed by atoms with Gasteiger partial charge in [0, 0.05) is 24.5 Å². The van der Waals surface area contributed by atoms with Gasteiger partial charge in [0.2, 0.25) is 0 Å². The van der Waals surface area contributed by atoms with Crippen LogP contribution in [0.15, 0.2) is 18.2 Å². The number of nitrogens with two attached hydrogens (primary N) is 2. The average Bonchev–Trinajstić information content (AvgIpc) is 2.66. The molecular formula is C15H23N3O. The SMILES string of the molecule is CN(c1ccc(N)cc1C(N)=O)C1CCCCCC1. The van der Waals surface area contributed by atoms with Crippen LogP contribution in [0, 0.1) is 0 Å². The quantitative estimate of drug-likeness (QED) is 0.648. The van der Waals surface area contributed by atoms with E-state index in [1.165, 1.54) is 38.5 Å². The lowest BCUT2D eigenvalue weighted by Crippen LogP contribution is -2.33. The summed E-state index contributed by atoms with van der Waals surface area (Å²) in [4.78, 5) is 13.8. The highest BCUT2D eigenvalue weighted by Gasteiger charge is 2.20. The summed E-state index contributed by atoms with van der Waals surface area (Å²) in [5.74, 6) is -0.414. The summed E-state index contributed by atoms with van der Waals surface area (Å²) in [6.07, 6.45) is 7.51. The third-order valence-corrected chi connectivity index (χ3v) is 4.04. The number of carbonyl (C=O) groups is 1. The molecule has 0 heterocycles. The zero-order valence-electron chi connectivity index (χ0n) is 11.6. The lowest BCUT2D eigenvalue weighted by atomic mass is 10.0. The molecule has 0 aromatic heterocycles. The molecule has 104 valence electrons. The van der Waals surface area contributed by atoms with Gasteiger partial charge in [0.25, 0.3) is 5.91 Å². The molecule has 4 heteroatoms. The van der Waals surface area contributed by atoms with Gasteiger partial charge in [-0.2, -0.15) is 0 Å². The fourth-order valence-electron chi connectivity index (χ4n) is 2.90.